The Bertz CT molecular complexity index is 99.9. The summed E-state index contributed by atoms with van der Waals surface area (Å²) in [4.78, 5) is 13.4. The summed E-state index contributed by atoms with van der Waals surface area (Å²) < 4.78 is 0. The maximum absolute atomic E-state index is 9.77. The molecule has 0 aromatic heterocycles. The van der Waals surface area contributed by atoms with E-state index >= 15 is 0 Å². The lowest BCUT2D eigenvalue weighted by molar-refractivity contribution is -0.137. The van der Waals surface area contributed by atoms with E-state index < -0.39 is 5.97 Å². The van der Waals surface area contributed by atoms with Gasteiger partial charge >= 0.3 is 5.97 Å². The maximum Gasteiger partial charge on any atom is 0.317 e. The third kappa shape index (κ3) is 44.6. The molecular weight excluding hydrogens is 144 g/mol. The van der Waals surface area contributed by atoms with Gasteiger partial charge in [-0.2, -0.15) is 0 Å². The summed E-state index contributed by atoms with van der Waals surface area (Å²) in [6, 6.07) is 0. The van der Waals surface area contributed by atoms with Crippen LogP contribution in [0.3, 0.4) is 0 Å². The lowest BCUT2D eigenvalue weighted by Gasteiger charge is -2.01. The van der Waals surface area contributed by atoms with Crippen molar-refractivity contribution in [2.24, 2.45) is 0 Å². The summed E-state index contributed by atoms with van der Waals surface area (Å²) in [6.45, 7) is 0.111. The van der Waals surface area contributed by atoms with Crippen molar-refractivity contribution in [1.82, 2.24) is 9.80 Å². The average Bonchev–Trinajstić information content (AvgIpc) is 1.56. The second kappa shape index (κ2) is 7.50. The summed E-state index contributed by atoms with van der Waals surface area (Å²) in [5, 5.41) is 8.04. The van der Waals surface area contributed by atoms with E-state index in [1.165, 1.54) is 0 Å². The molecule has 0 aliphatic rings. The molecule has 0 rings (SSSR count). The second-order valence-corrected chi connectivity index (χ2v) is 2.97. The van der Waals surface area contributed by atoms with Gasteiger partial charge in [0, 0.05) is 0 Å². The zero-order valence-electron chi connectivity index (χ0n) is 7.96. The average molecular weight is 162 g/mol. The number of nitrogens with zero attached hydrogens (tertiary/aromatic N) is 2. The number of carbonyl (C=O) groups is 1. The predicted octanol–water partition coefficient (Wildman–Crippen LogP) is -0.190. The molecule has 0 saturated carbocycles. The summed E-state index contributed by atoms with van der Waals surface area (Å²) in [6.07, 6.45) is 0. The van der Waals surface area contributed by atoms with E-state index in [0.29, 0.717) is 0 Å². The van der Waals surface area contributed by atoms with Gasteiger partial charge in [-0.1, -0.05) is 0 Å². The summed E-state index contributed by atoms with van der Waals surface area (Å²) >= 11 is 0. The van der Waals surface area contributed by atoms with Gasteiger partial charge < -0.3 is 10.0 Å². The zero-order chi connectivity index (χ0) is 9.44. The minimum atomic E-state index is -0.787. The van der Waals surface area contributed by atoms with Gasteiger partial charge in [-0.25, -0.2) is 0 Å². The van der Waals surface area contributed by atoms with E-state index in [9.17, 15) is 4.79 Å². The largest absolute Gasteiger partial charge is 0.480 e. The molecule has 0 bridgehead atoms. The Labute approximate surface area is 68.4 Å². The van der Waals surface area contributed by atoms with E-state index in [1.54, 1.807) is 19.0 Å². The van der Waals surface area contributed by atoms with Gasteiger partial charge in [0.2, 0.25) is 0 Å². The van der Waals surface area contributed by atoms with Crippen LogP contribution < -0.4 is 0 Å². The van der Waals surface area contributed by atoms with E-state index in [0.717, 1.165) is 0 Å². The SMILES string of the molecule is CN(C)C.CN(C)CC(=O)O. The number of hydrogen-bond donors (Lipinski definition) is 1. The molecule has 68 valence electrons. The molecule has 0 spiro atoms. The summed E-state index contributed by atoms with van der Waals surface area (Å²) in [7, 11) is 9.43. The topological polar surface area (TPSA) is 43.8 Å². The van der Waals surface area contributed by atoms with E-state index in [4.69, 9.17) is 5.11 Å². The van der Waals surface area contributed by atoms with Gasteiger partial charge in [-0.05, 0) is 35.2 Å². The Morgan fingerprint density at radius 1 is 1.18 bits per heavy atom. The van der Waals surface area contributed by atoms with Crippen LogP contribution in [0.25, 0.3) is 0 Å². The normalized spacial score (nSPS) is 9.36. The van der Waals surface area contributed by atoms with Gasteiger partial charge in [0.1, 0.15) is 0 Å². The standard InChI is InChI=1S/C4H9NO2.C3H9N/c1-5(2)3-4(6)7;1-4(2)3/h3H2,1-2H3,(H,6,7);1-3H3. The molecular formula is C7H18N2O2. The third-order valence-corrected chi connectivity index (χ3v) is 0.451. The van der Waals surface area contributed by atoms with Crippen LogP contribution in [0, 0.1) is 0 Å². The third-order valence-electron chi connectivity index (χ3n) is 0.451. The minimum Gasteiger partial charge on any atom is -0.480 e. The lowest BCUT2D eigenvalue weighted by atomic mass is 10.6. The first-order chi connectivity index (χ1) is 4.86. The zero-order valence-corrected chi connectivity index (χ0v) is 7.96. The highest BCUT2D eigenvalue weighted by Crippen LogP contribution is 1.69. The van der Waals surface area contributed by atoms with Crippen LogP contribution in [0.4, 0.5) is 0 Å². The Balaban J connectivity index is 0. The van der Waals surface area contributed by atoms with Crippen LogP contribution in [0.1, 0.15) is 0 Å². The fourth-order valence-corrected chi connectivity index (χ4v) is 0.271. The molecule has 0 aliphatic heterocycles. The molecule has 0 amide bonds. The predicted molar refractivity (Wildman–Crippen MR) is 45.8 cm³/mol. The van der Waals surface area contributed by atoms with Gasteiger partial charge in [0.15, 0.2) is 0 Å². The van der Waals surface area contributed by atoms with E-state index in [-0.39, 0.29) is 6.54 Å². The molecule has 0 fully saturated rings. The Morgan fingerprint density at radius 3 is 1.45 bits per heavy atom. The monoisotopic (exact) mass is 162 g/mol. The van der Waals surface area contributed by atoms with Crippen LogP contribution >= 0.6 is 0 Å². The van der Waals surface area contributed by atoms with Crippen molar-refractivity contribution < 1.29 is 9.90 Å². The van der Waals surface area contributed by atoms with Crippen molar-refractivity contribution in [2.75, 3.05) is 41.8 Å². The van der Waals surface area contributed by atoms with Gasteiger partial charge in [-0.3, -0.25) is 9.69 Å². The molecule has 0 radical (unpaired) electrons. The van der Waals surface area contributed by atoms with Crippen molar-refractivity contribution in [3.63, 3.8) is 0 Å². The first-order valence-corrected chi connectivity index (χ1v) is 3.33. The van der Waals surface area contributed by atoms with Crippen LogP contribution in [-0.2, 0) is 4.79 Å². The van der Waals surface area contributed by atoms with Gasteiger partial charge in [0.25, 0.3) is 0 Å². The quantitative estimate of drug-likeness (QED) is 0.611. The molecule has 0 aromatic carbocycles. The van der Waals surface area contributed by atoms with Crippen molar-refractivity contribution in [3.8, 4) is 0 Å². The number of aliphatic carboxylic acids is 1. The second-order valence-electron chi connectivity index (χ2n) is 2.97. The fraction of sp³-hybridized carbons (Fsp3) is 0.857. The molecule has 0 aromatic rings. The molecule has 0 unspecified atom stereocenters. The number of rotatable bonds is 2. The Morgan fingerprint density at radius 2 is 1.45 bits per heavy atom. The molecule has 4 heteroatoms. The Kier molecular flexibility index (Phi) is 8.87. The van der Waals surface area contributed by atoms with Crippen molar-refractivity contribution >= 4 is 5.97 Å². The molecule has 11 heavy (non-hydrogen) atoms. The lowest BCUT2D eigenvalue weighted by Crippen LogP contribution is -2.20. The first kappa shape index (κ1) is 13.0. The maximum atomic E-state index is 9.77. The van der Waals surface area contributed by atoms with Crippen LogP contribution in [0.15, 0.2) is 0 Å². The number of hydrogen-bond acceptors (Lipinski definition) is 3. The number of likely N-dealkylation sites (N-methyl/N-ethyl adjacent to an activating group) is 1. The van der Waals surface area contributed by atoms with Crippen LogP contribution in [0.5, 0.6) is 0 Å². The highest BCUT2D eigenvalue weighted by molar-refractivity contribution is 5.68. The van der Waals surface area contributed by atoms with Gasteiger partial charge in [0.05, 0.1) is 6.54 Å². The molecule has 0 atom stereocenters. The minimum absolute atomic E-state index is 0.111. The summed E-state index contributed by atoms with van der Waals surface area (Å²) in [5.74, 6) is -0.787. The van der Waals surface area contributed by atoms with Crippen molar-refractivity contribution in [1.29, 1.82) is 0 Å². The van der Waals surface area contributed by atoms with E-state index in [1.807, 2.05) is 26.0 Å². The number of carboxylic acid groups (broad SMARTS) is 1. The van der Waals surface area contributed by atoms with E-state index in [2.05, 4.69) is 0 Å². The Hall–Kier alpha value is -0.610. The summed E-state index contributed by atoms with van der Waals surface area (Å²) in [5.41, 5.74) is 0. The van der Waals surface area contributed by atoms with Crippen LogP contribution in [0.2, 0.25) is 0 Å². The van der Waals surface area contributed by atoms with Crippen molar-refractivity contribution in [2.45, 2.75) is 0 Å². The molecule has 1 N–H and O–H groups in total. The molecule has 0 aliphatic carbocycles. The first-order valence-electron chi connectivity index (χ1n) is 3.33. The smallest absolute Gasteiger partial charge is 0.317 e. The molecule has 0 heterocycles. The molecule has 0 saturated heterocycles. The van der Waals surface area contributed by atoms with Crippen LogP contribution in [-0.4, -0.2) is 62.7 Å². The highest BCUT2D eigenvalue weighted by Gasteiger charge is 1.94. The van der Waals surface area contributed by atoms with Crippen molar-refractivity contribution in [3.05, 3.63) is 0 Å². The number of carboxylic acids is 1. The fourth-order valence-electron chi connectivity index (χ4n) is 0.271. The molecule has 4 nitrogen and oxygen atoms in total. The highest BCUT2D eigenvalue weighted by atomic mass is 16.4. The van der Waals surface area contributed by atoms with Gasteiger partial charge in [-0.15, -0.1) is 0 Å².